The highest BCUT2D eigenvalue weighted by Gasteiger charge is 2.06. The smallest absolute Gasteiger partial charge is 0.248 e. The Morgan fingerprint density at radius 2 is 1.77 bits per heavy atom. The van der Waals surface area contributed by atoms with Gasteiger partial charge < -0.3 is 11.1 Å². The number of rotatable bonds is 5. The van der Waals surface area contributed by atoms with E-state index in [2.05, 4.69) is 11.4 Å². The maximum absolute atomic E-state index is 12.0. The summed E-state index contributed by atoms with van der Waals surface area (Å²) in [5.74, 6) is -0.235. The molecule has 0 saturated carbocycles. The highest BCUT2D eigenvalue weighted by molar-refractivity contribution is 8.00. The van der Waals surface area contributed by atoms with Crippen LogP contribution in [-0.4, -0.2) is 17.6 Å². The van der Waals surface area contributed by atoms with Gasteiger partial charge in [0.1, 0.15) is 0 Å². The first-order valence-electron chi connectivity index (χ1n) is 6.85. The lowest BCUT2D eigenvalue weighted by atomic mass is 10.2. The largest absolute Gasteiger partial charge is 0.366 e. The Bertz CT molecular complexity index is 696. The molecular formula is C17H18N2O2S. The zero-order valence-electron chi connectivity index (χ0n) is 12.6. The van der Waals surface area contributed by atoms with Crippen LogP contribution in [0.4, 0.5) is 5.69 Å². The van der Waals surface area contributed by atoms with E-state index in [1.54, 1.807) is 24.3 Å². The summed E-state index contributed by atoms with van der Waals surface area (Å²) < 4.78 is 0. The third-order valence-corrected chi connectivity index (χ3v) is 4.32. The van der Waals surface area contributed by atoms with Crippen molar-refractivity contribution < 1.29 is 9.59 Å². The van der Waals surface area contributed by atoms with Gasteiger partial charge in [-0.15, -0.1) is 11.8 Å². The van der Waals surface area contributed by atoms with E-state index in [-0.39, 0.29) is 5.91 Å². The van der Waals surface area contributed by atoms with E-state index in [1.807, 2.05) is 26.0 Å². The minimum Gasteiger partial charge on any atom is -0.366 e. The van der Waals surface area contributed by atoms with Gasteiger partial charge in [-0.05, 0) is 49.7 Å². The molecule has 22 heavy (non-hydrogen) atoms. The molecule has 0 aliphatic heterocycles. The lowest BCUT2D eigenvalue weighted by Crippen LogP contribution is -2.15. The fourth-order valence-corrected chi connectivity index (χ4v) is 2.83. The van der Waals surface area contributed by atoms with Gasteiger partial charge in [-0.25, -0.2) is 0 Å². The highest BCUT2D eigenvalue weighted by Crippen LogP contribution is 2.23. The maximum Gasteiger partial charge on any atom is 0.248 e. The summed E-state index contributed by atoms with van der Waals surface area (Å²) in [6.45, 7) is 4.08. The van der Waals surface area contributed by atoms with E-state index in [1.165, 1.54) is 22.9 Å². The first-order valence-corrected chi connectivity index (χ1v) is 7.84. The summed E-state index contributed by atoms with van der Waals surface area (Å²) in [5.41, 5.74) is 8.62. The summed E-state index contributed by atoms with van der Waals surface area (Å²) in [6.07, 6.45) is 0. The van der Waals surface area contributed by atoms with Crippen LogP contribution < -0.4 is 11.1 Å². The Morgan fingerprint density at radius 3 is 2.36 bits per heavy atom. The fraction of sp³-hybridized carbons (Fsp3) is 0.176. The number of nitrogens with two attached hydrogens (primary N) is 1. The third-order valence-electron chi connectivity index (χ3n) is 3.14. The van der Waals surface area contributed by atoms with Gasteiger partial charge >= 0.3 is 0 Å². The Balaban J connectivity index is 1.91. The van der Waals surface area contributed by atoms with Crippen molar-refractivity contribution in [2.45, 2.75) is 18.7 Å². The Hall–Kier alpha value is -2.27. The number of hydrogen-bond donors (Lipinski definition) is 2. The zero-order chi connectivity index (χ0) is 16.1. The Labute approximate surface area is 134 Å². The molecule has 0 atom stereocenters. The number of benzene rings is 2. The molecule has 2 rings (SSSR count). The SMILES string of the molecule is Cc1ccc(SCC(=O)Nc2ccc(C(N)=O)cc2)c(C)c1. The number of carbonyl (C=O) groups is 2. The molecule has 4 nitrogen and oxygen atoms in total. The van der Waals surface area contributed by atoms with Gasteiger partial charge in [-0.3, -0.25) is 9.59 Å². The molecule has 2 aromatic carbocycles. The summed E-state index contributed by atoms with van der Waals surface area (Å²) in [7, 11) is 0. The van der Waals surface area contributed by atoms with Crippen LogP contribution in [0.25, 0.3) is 0 Å². The molecule has 2 amide bonds. The predicted octanol–water partition coefficient (Wildman–Crippen LogP) is 3.13. The van der Waals surface area contributed by atoms with Gasteiger partial charge in [-0.1, -0.05) is 17.7 Å². The maximum atomic E-state index is 12.0. The number of aryl methyl sites for hydroxylation is 2. The molecule has 0 aliphatic carbocycles. The van der Waals surface area contributed by atoms with Crippen LogP contribution in [0.15, 0.2) is 47.4 Å². The van der Waals surface area contributed by atoms with Gasteiger partial charge in [0, 0.05) is 16.1 Å². The normalized spacial score (nSPS) is 10.3. The third kappa shape index (κ3) is 4.36. The minimum atomic E-state index is -0.483. The lowest BCUT2D eigenvalue weighted by Gasteiger charge is -2.08. The molecule has 3 N–H and O–H groups in total. The van der Waals surface area contributed by atoms with Crippen molar-refractivity contribution in [2.24, 2.45) is 5.73 Å². The average molecular weight is 314 g/mol. The Kier molecular flexibility index (Phi) is 5.22. The molecule has 0 unspecified atom stereocenters. The molecule has 0 fully saturated rings. The van der Waals surface area contributed by atoms with Crippen molar-refractivity contribution in [1.29, 1.82) is 0 Å². The molecule has 0 bridgehead atoms. The average Bonchev–Trinajstić information content (AvgIpc) is 2.47. The molecule has 0 radical (unpaired) electrons. The Morgan fingerprint density at radius 1 is 1.09 bits per heavy atom. The van der Waals surface area contributed by atoms with Crippen LogP contribution in [0.5, 0.6) is 0 Å². The van der Waals surface area contributed by atoms with E-state index >= 15 is 0 Å². The molecule has 0 aliphatic rings. The summed E-state index contributed by atoms with van der Waals surface area (Å²) in [5, 5.41) is 2.80. The fourth-order valence-electron chi connectivity index (χ4n) is 2.02. The molecule has 5 heteroatoms. The van der Waals surface area contributed by atoms with E-state index in [0.717, 1.165) is 4.90 Å². The first kappa shape index (κ1) is 16.1. The first-order chi connectivity index (χ1) is 10.5. The van der Waals surface area contributed by atoms with Crippen molar-refractivity contribution in [3.8, 4) is 0 Å². The van der Waals surface area contributed by atoms with Crippen LogP contribution in [0.1, 0.15) is 21.5 Å². The van der Waals surface area contributed by atoms with Crippen LogP contribution >= 0.6 is 11.8 Å². The second kappa shape index (κ2) is 7.13. The van der Waals surface area contributed by atoms with Crippen molar-refractivity contribution >= 4 is 29.3 Å². The summed E-state index contributed by atoms with van der Waals surface area (Å²) in [6, 6.07) is 12.7. The second-order valence-corrected chi connectivity index (χ2v) is 6.06. The molecular weight excluding hydrogens is 296 g/mol. The van der Waals surface area contributed by atoms with Gasteiger partial charge in [0.15, 0.2) is 0 Å². The van der Waals surface area contributed by atoms with Crippen molar-refractivity contribution in [2.75, 3.05) is 11.1 Å². The van der Waals surface area contributed by atoms with Crippen LogP contribution in [0.2, 0.25) is 0 Å². The van der Waals surface area contributed by atoms with Crippen molar-refractivity contribution in [3.63, 3.8) is 0 Å². The molecule has 0 heterocycles. The minimum absolute atomic E-state index is 0.0863. The highest BCUT2D eigenvalue weighted by atomic mass is 32.2. The standard InChI is InChI=1S/C17H18N2O2S/c1-11-3-8-15(12(2)9-11)22-10-16(20)19-14-6-4-13(5-7-14)17(18)21/h3-9H,10H2,1-2H3,(H2,18,21)(H,19,20). The quantitative estimate of drug-likeness (QED) is 0.833. The lowest BCUT2D eigenvalue weighted by molar-refractivity contribution is -0.113. The molecule has 114 valence electrons. The molecule has 2 aromatic rings. The van der Waals surface area contributed by atoms with Gasteiger partial charge in [0.2, 0.25) is 11.8 Å². The second-order valence-electron chi connectivity index (χ2n) is 5.05. The van der Waals surface area contributed by atoms with Crippen molar-refractivity contribution in [1.82, 2.24) is 0 Å². The molecule has 0 saturated heterocycles. The van der Waals surface area contributed by atoms with E-state index in [4.69, 9.17) is 5.73 Å². The number of thioether (sulfide) groups is 1. The molecule has 0 spiro atoms. The summed E-state index contributed by atoms with van der Waals surface area (Å²) in [4.78, 5) is 24.0. The number of hydrogen-bond acceptors (Lipinski definition) is 3. The van der Waals surface area contributed by atoms with Crippen molar-refractivity contribution in [3.05, 3.63) is 59.2 Å². The van der Waals surface area contributed by atoms with E-state index < -0.39 is 5.91 Å². The predicted molar refractivity (Wildman–Crippen MR) is 90.2 cm³/mol. The number of amides is 2. The molecule has 0 aromatic heterocycles. The number of carbonyl (C=O) groups excluding carboxylic acids is 2. The van der Waals surface area contributed by atoms with Gasteiger partial charge in [0.05, 0.1) is 5.75 Å². The summed E-state index contributed by atoms with van der Waals surface area (Å²) >= 11 is 1.50. The van der Waals surface area contributed by atoms with Gasteiger partial charge in [-0.2, -0.15) is 0 Å². The van der Waals surface area contributed by atoms with Gasteiger partial charge in [0.25, 0.3) is 0 Å². The zero-order valence-corrected chi connectivity index (χ0v) is 13.4. The van der Waals surface area contributed by atoms with E-state index in [0.29, 0.717) is 17.0 Å². The number of nitrogens with one attached hydrogen (secondary N) is 1. The van der Waals surface area contributed by atoms with Crippen LogP contribution in [-0.2, 0) is 4.79 Å². The van der Waals surface area contributed by atoms with Crippen LogP contribution in [0, 0.1) is 13.8 Å². The van der Waals surface area contributed by atoms with Crippen LogP contribution in [0.3, 0.4) is 0 Å². The topological polar surface area (TPSA) is 72.2 Å². The monoisotopic (exact) mass is 314 g/mol. The number of primary amides is 1. The van der Waals surface area contributed by atoms with E-state index in [9.17, 15) is 9.59 Å². The number of anilines is 1.